The molecule has 1 aromatic heterocycles. The van der Waals surface area contributed by atoms with E-state index >= 15 is 0 Å². The van der Waals surface area contributed by atoms with Crippen LogP contribution in [0.25, 0.3) is 10.9 Å². The fourth-order valence-corrected chi connectivity index (χ4v) is 2.65. The Morgan fingerprint density at radius 3 is 2.95 bits per heavy atom. The molecule has 1 aliphatic rings. The highest BCUT2D eigenvalue weighted by atomic mass is 16.5. The quantitative estimate of drug-likeness (QED) is 0.811. The minimum absolute atomic E-state index is 0.636. The Hall–Kier alpha value is -2.38. The van der Waals surface area contributed by atoms with Crippen molar-refractivity contribution in [3.05, 3.63) is 47.5 Å². The summed E-state index contributed by atoms with van der Waals surface area (Å²) in [7, 11) is 1.71. The lowest BCUT2D eigenvalue weighted by Gasteiger charge is -2.28. The molecule has 0 N–H and O–H groups in total. The summed E-state index contributed by atoms with van der Waals surface area (Å²) < 4.78 is 5.17. The van der Waals surface area contributed by atoms with Gasteiger partial charge in [0.05, 0.1) is 17.7 Å². The summed E-state index contributed by atoms with van der Waals surface area (Å²) in [5, 5.41) is 10.4. The van der Waals surface area contributed by atoms with Crippen LogP contribution in [-0.4, -0.2) is 31.8 Å². The predicted molar refractivity (Wildman–Crippen MR) is 83.2 cm³/mol. The van der Waals surface area contributed by atoms with E-state index in [-0.39, 0.29) is 0 Å². The van der Waals surface area contributed by atoms with Crippen LogP contribution in [0.15, 0.2) is 42.0 Å². The van der Waals surface area contributed by atoms with Gasteiger partial charge in [0.1, 0.15) is 11.9 Å². The van der Waals surface area contributed by atoms with Gasteiger partial charge in [-0.1, -0.05) is 24.3 Å². The number of methoxy groups -OCH3 is 1. The molecule has 2 heterocycles. The van der Waals surface area contributed by atoms with Crippen molar-refractivity contribution in [3.63, 3.8) is 0 Å². The maximum Gasteiger partial charge on any atom is 0.147 e. The number of hydrogen-bond donors (Lipinski definition) is 0. The number of aromatic nitrogens is 1. The van der Waals surface area contributed by atoms with Crippen LogP contribution in [-0.2, 0) is 4.74 Å². The zero-order valence-electron chi connectivity index (χ0n) is 12.0. The molecule has 0 bridgehead atoms. The first-order chi connectivity index (χ1) is 10.3. The Labute approximate surface area is 124 Å². The summed E-state index contributed by atoms with van der Waals surface area (Å²) in [6, 6.07) is 12.1. The maximum absolute atomic E-state index is 9.39. The average molecular weight is 279 g/mol. The van der Waals surface area contributed by atoms with Crippen molar-refractivity contribution in [3.8, 4) is 6.07 Å². The van der Waals surface area contributed by atoms with Crippen molar-refractivity contribution in [2.75, 3.05) is 31.7 Å². The molecule has 4 heteroatoms. The topological polar surface area (TPSA) is 49.1 Å². The van der Waals surface area contributed by atoms with Gasteiger partial charge in [-0.15, -0.1) is 0 Å². The second-order valence-electron chi connectivity index (χ2n) is 5.16. The number of nitrogens with zero attached hydrogens (tertiary/aromatic N) is 3. The lowest BCUT2D eigenvalue weighted by Crippen LogP contribution is -2.30. The number of fused-ring (bicyclic) bond motifs is 1. The van der Waals surface area contributed by atoms with Crippen molar-refractivity contribution in [1.82, 2.24) is 4.98 Å². The van der Waals surface area contributed by atoms with Crippen molar-refractivity contribution < 1.29 is 4.74 Å². The van der Waals surface area contributed by atoms with E-state index in [2.05, 4.69) is 22.0 Å². The van der Waals surface area contributed by atoms with E-state index in [1.165, 1.54) is 5.57 Å². The number of para-hydroxylation sites is 1. The van der Waals surface area contributed by atoms with Crippen molar-refractivity contribution in [2.45, 2.75) is 6.42 Å². The second kappa shape index (κ2) is 5.94. The molecule has 21 heavy (non-hydrogen) atoms. The van der Waals surface area contributed by atoms with E-state index < -0.39 is 0 Å². The van der Waals surface area contributed by atoms with Crippen LogP contribution >= 0.6 is 0 Å². The van der Waals surface area contributed by atoms with Gasteiger partial charge >= 0.3 is 0 Å². The summed E-state index contributed by atoms with van der Waals surface area (Å²) in [6.07, 6.45) is 3.12. The van der Waals surface area contributed by atoms with Gasteiger partial charge in [0.2, 0.25) is 0 Å². The number of rotatable bonds is 3. The second-order valence-corrected chi connectivity index (χ2v) is 5.16. The van der Waals surface area contributed by atoms with E-state index in [9.17, 15) is 5.26 Å². The highest BCUT2D eigenvalue weighted by molar-refractivity contribution is 5.83. The van der Waals surface area contributed by atoms with Crippen LogP contribution < -0.4 is 4.90 Å². The lowest BCUT2D eigenvalue weighted by molar-refractivity contribution is 0.222. The smallest absolute Gasteiger partial charge is 0.147 e. The molecule has 1 aromatic carbocycles. The van der Waals surface area contributed by atoms with Gasteiger partial charge in [-0.05, 0) is 24.1 Å². The maximum atomic E-state index is 9.39. The van der Waals surface area contributed by atoms with Crippen LogP contribution in [0, 0.1) is 11.3 Å². The number of anilines is 1. The van der Waals surface area contributed by atoms with Gasteiger partial charge < -0.3 is 9.64 Å². The molecule has 106 valence electrons. The van der Waals surface area contributed by atoms with Gasteiger partial charge in [-0.3, -0.25) is 0 Å². The van der Waals surface area contributed by atoms with Crippen molar-refractivity contribution in [2.24, 2.45) is 0 Å². The lowest BCUT2D eigenvalue weighted by atomic mass is 10.1. The summed E-state index contributed by atoms with van der Waals surface area (Å²) in [5.74, 6) is 0.781. The number of benzene rings is 1. The van der Waals surface area contributed by atoms with Gasteiger partial charge in [0.25, 0.3) is 0 Å². The molecule has 2 aromatic rings. The first kappa shape index (κ1) is 13.6. The normalized spacial score (nSPS) is 14.9. The molecule has 0 fully saturated rings. The standard InChI is InChI=1S/C17H17N3O/c1-21-12-13-6-8-20(9-7-13)17-15(11-18)10-14-4-2-3-5-16(14)19-17/h2-6,10H,7-9,12H2,1H3. The number of pyridine rings is 1. The van der Waals surface area contributed by atoms with E-state index in [1.54, 1.807) is 7.11 Å². The number of hydrogen-bond acceptors (Lipinski definition) is 4. The Balaban J connectivity index is 1.95. The Bertz CT molecular complexity index is 730. The fraction of sp³-hybridized carbons (Fsp3) is 0.294. The Morgan fingerprint density at radius 2 is 2.24 bits per heavy atom. The first-order valence-electron chi connectivity index (χ1n) is 7.03. The minimum atomic E-state index is 0.636. The van der Waals surface area contributed by atoms with Crippen LogP contribution in [0.1, 0.15) is 12.0 Å². The molecule has 3 rings (SSSR count). The molecule has 4 nitrogen and oxygen atoms in total. The first-order valence-corrected chi connectivity index (χ1v) is 7.03. The SMILES string of the molecule is COCC1=CCN(c2nc3ccccc3cc2C#N)CC1. The summed E-state index contributed by atoms with van der Waals surface area (Å²) in [4.78, 5) is 6.84. The summed E-state index contributed by atoms with van der Waals surface area (Å²) in [6.45, 7) is 2.33. The zero-order chi connectivity index (χ0) is 14.7. The molecule has 0 saturated carbocycles. The summed E-state index contributed by atoms with van der Waals surface area (Å²) in [5.41, 5.74) is 2.88. The third-order valence-electron chi connectivity index (χ3n) is 3.76. The van der Waals surface area contributed by atoms with Crippen molar-refractivity contribution in [1.29, 1.82) is 5.26 Å². The average Bonchev–Trinajstić information content (AvgIpc) is 2.54. The summed E-state index contributed by atoms with van der Waals surface area (Å²) >= 11 is 0. The highest BCUT2D eigenvalue weighted by Crippen LogP contribution is 2.25. The Kier molecular flexibility index (Phi) is 3.85. The molecule has 0 saturated heterocycles. The fourth-order valence-electron chi connectivity index (χ4n) is 2.65. The van der Waals surface area contributed by atoms with Gasteiger partial charge in [-0.2, -0.15) is 5.26 Å². The monoisotopic (exact) mass is 279 g/mol. The van der Waals surface area contributed by atoms with E-state index in [1.807, 2.05) is 30.3 Å². The zero-order valence-corrected chi connectivity index (χ0v) is 12.0. The third kappa shape index (κ3) is 2.74. The minimum Gasteiger partial charge on any atom is -0.380 e. The predicted octanol–water partition coefficient (Wildman–Crippen LogP) is 2.89. The van der Waals surface area contributed by atoms with E-state index in [0.29, 0.717) is 12.2 Å². The molecule has 0 radical (unpaired) electrons. The highest BCUT2D eigenvalue weighted by Gasteiger charge is 2.17. The van der Waals surface area contributed by atoms with Gasteiger partial charge in [0.15, 0.2) is 0 Å². The largest absolute Gasteiger partial charge is 0.380 e. The van der Waals surface area contributed by atoms with Crippen LogP contribution in [0.3, 0.4) is 0 Å². The van der Waals surface area contributed by atoms with Crippen LogP contribution in [0.4, 0.5) is 5.82 Å². The molecule has 0 atom stereocenters. The van der Waals surface area contributed by atoms with Crippen LogP contribution in [0.5, 0.6) is 0 Å². The Morgan fingerprint density at radius 1 is 1.38 bits per heavy atom. The molecule has 0 unspecified atom stereocenters. The molecule has 0 spiro atoms. The molecule has 1 aliphatic heterocycles. The number of ether oxygens (including phenoxy) is 1. The third-order valence-corrected chi connectivity index (χ3v) is 3.76. The van der Waals surface area contributed by atoms with Crippen molar-refractivity contribution >= 4 is 16.7 Å². The van der Waals surface area contributed by atoms with Gasteiger partial charge in [-0.25, -0.2) is 4.98 Å². The van der Waals surface area contributed by atoms with Gasteiger partial charge in [0, 0.05) is 25.6 Å². The van der Waals surface area contributed by atoms with E-state index in [0.717, 1.165) is 36.2 Å². The number of nitriles is 1. The van der Waals surface area contributed by atoms with Crippen LogP contribution in [0.2, 0.25) is 0 Å². The molecular formula is C17H17N3O. The van der Waals surface area contributed by atoms with E-state index in [4.69, 9.17) is 4.74 Å². The molecule has 0 aliphatic carbocycles. The molecular weight excluding hydrogens is 262 g/mol. The molecule has 0 amide bonds.